The molecule has 1 heterocycles. The fraction of sp³-hybridized carbons (Fsp3) is 0.529. The van der Waals surface area contributed by atoms with Crippen molar-refractivity contribution in [3.63, 3.8) is 0 Å². The second-order valence-corrected chi connectivity index (χ2v) is 5.53. The van der Waals surface area contributed by atoms with Gasteiger partial charge in [0.25, 0.3) is 0 Å². The van der Waals surface area contributed by atoms with Crippen molar-refractivity contribution in [2.24, 2.45) is 0 Å². The minimum atomic E-state index is 0.465. The van der Waals surface area contributed by atoms with E-state index in [1.165, 1.54) is 11.1 Å². The minimum absolute atomic E-state index is 0.465. The van der Waals surface area contributed by atoms with Gasteiger partial charge in [0, 0.05) is 12.7 Å². The van der Waals surface area contributed by atoms with E-state index < -0.39 is 0 Å². The van der Waals surface area contributed by atoms with E-state index >= 15 is 0 Å². The van der Waals surface area contributed by atoms with Gasteiger partial charge < -0.3 is 4.74 Å². The predicted octanol–water partition coefficient (Wildman–Crippen LogP) is 3.61. The highest BCUT2D eigenvalue weighted by Crippen LogP contribution is 2.28. The SMILES string of the molecule is CCOc1ccc(CCc2cn(CC)nn2)cc1C(C)C. The molecule has 0 amide bonds. The second kappa shape index (κ2) is 7.25. The van der Waals surface area contributed by atoms with Crippen LogP contribution in [0.2, 0.25) is 0 Å². The van der Waals surface area contributed by atoms with Crippen LogP contribution in [0, 0.1) is 0 Å². The lowest BCUT2D eigenvalue weighted by atomic mass is 9.97. The van der Waals surface area contributed by atoms with Gasteiger partial charge in [-0.3, -0.25) is 4.68 Å². The molecule has 1 aromatic carbocycles. The Labute approximate surface area is 127 Å². The fourth-order valence-corrected chi connectivity index (χ4v) is 2.37. The molecule has 0 spiro atoms. The van der Waals surface area contributed by atoms with Crippen LogP contribution < -0.4 is 4.74 Å². The third kappa shape index (κ3) is 4.06. The summed E-state index contributed by atoms with van der Waals surface area (Å²) in [5, 5.41) is 8.27. The van der Waals surface area contributed by atoms with Gasteiger partial charge in [0.2, 0.25) is 0 Å². The zero-order chi connectivity index (χ0) is 15.2. The number of aromatic nitrogens is 3. The molecule has 4 heteroatoms. The molecule has 0 N–H and O–H groups in total. The maximum atomic E-state index is 5.71. The first-order valence-electron chi connectivity index (χ1n) is 7.78. The topological polar surface area (TPSA) is 39.9 Å². The molecule has 0 aliphatic heterocycles. The molecule has 0 atom stereocenters. The zero-order valence-electron chi connectivity index (χ0n) is 13.5. The normalized spacial score (nSPS) is 11.1. The lowest BCUT2D eigenvalue weighted by Crippen LogP contribution is -2.00. The Morgan fingerprint density at radius 1 is 1.19 bits per heavy atom. The largest absolute Gasteiger partial charge is 0.494 e. The molecule has 114 valence electrons. The molecule has 0 aliphatic rings. The van der Waals surface area contributed by atoms with Crippen molar-refractivity contribution in [2.75, 3.05) is 6.61 Å². The molecular weight excluding hydrogens is 262 g/mol. The fourth-order valence-electron chi connectivity index (χ4n) is 2.37. The van der Waals surface area contributed by atoms with Crippen molar-refractivity contribution in [1.82, 2.24) is 15.0 Å². The summed E-state index contributed by atoms with van der Waals surface area (Å²) in [7, 11) is 0. The third-order valence-electron chi connectivity index (χ3n) is 3.58. The molecule has 0 unspecified atom stereocenters. The average molecular weight is 287 g/mol. The number of nitrogens with zero attached hydrogens (tertiary/aromatic N) is 3. The summed E-state index contributed by atoms with van der Waals surface area (Å²) in [5.74, 6) is 1.47. The average Bonchev–Trinajstić information content (AvgIpc) is 2.94. The number of hydrogen-bond donors (Lipinski definition) is 0. The van der Waals surface area contributed by atoms with E-state index in [1.807, 2.05) is 17.8 Å². The van der Waals surface area contributed by atoms with E-state index in [0.717, 1.165) is 30.8 Å². The summed E-state index contributed by atoms with van der Waals surface area (Å²) in [5.41, 5.74) is 3.66. The van der Waals surface area contributed by atoms with Gasteiger partial charge in [0.1, 0.15) is 5.75 Å². The zero-order valence-corrected chi connectivity index (χ0v) is 13.5. The highest BCUT2D eigenvalue weighted by atomic mass is 16.5. The van der Waals surface area contributed by atoms with Crippen LogP contribution in [0.1, 0.15) is 50.4 Å². The lowest BCUT2D eigenvalue weighted by molar-refractivity contribution is 0.335. The molecule has 4 nitrogen and oxygen atoms in total. The molecule has 0 aliphatic carbocycles. The van der Waals surface area contributed by atoms with E-state index in [-0.39, 0.29) is 0 Å². The summed E-state index contributed by atoms with van der Waals surface area (Å²) in [4.78, 5) is 0. The summed E-state index contributed by atoms with van der Waals surface area (Å²) < 4.78 is 7.58. The maximum Gasteiger partial charge on any atom is 0.122 e. The van der Waals surface area contributed by atoms with Crippen molar-refractivity contribution in [1.29, 1.82) is 0 Å². The molecule has 21 heavy (non-hydrogen) atoms. The van der Waals surface area contributed by atoms with Gasteiger partial charge in [-0.15, -0.1) is 5.10 Å². The Balaban J connectivity index is 2.07. The molecule has 0 saturated heterocycles. The Morgan fingerprint density at radius 3 is 2.62 bits per heavy atom. The summed E-state index contributed by atoms with van der Waals surface area (Å²) in [6, 6.07) is 6.51. The van der Waals surface area contributed by atoms with Gasteiger partial charge >= 0.3 is 0 Å². The van der Waals surface area contributed by atoms with E-state index in [4.69, 9.17) is 4.74 Å². The van der Waals surface area contributed by atoms with Crippen LogP contribution in [-0.4, -0.2) is 21.6 Å². The smallest absolute Gasteiger partial charge is 0.122 e. The van der Waals surface area contributed by atoms with Gasteiger partial charge in [-0.25, -0.2) is 0 Å². The van der Waals surface area contributed by atoms with Gasteiger partial charge in [0.15, 0.2) is 0 Å². The summed E-state index contributed by atoms with van der Waals surface area (Å²) in [6.07, 6.45) is 3.93. The Hall–Kier alpha value is -1.84. The number of aryl methyl sites for hydroxylation is 3. The Kier molecular flexibility index (Phi) is 5.37. The standard InChI is InChI=1S/C17H25N3O/c1-5-20-12-15(18-19-20)9-7-14-8-10-17(21-6-2)16(11-14)13(3)4/h8,10-13H,5-7,9H2,1-4H3. The third-order valence-corrected chi connectivity index (χ3v) is 3.58. The molecule has 2 rings (SSSR count). The van der Waals surface area contributed by atoms with E-state index in [0.29, 0.717) is 12.5 Å². The van der Waals surface area contributed by atoms with Crippen LogP contribution in [0.3, 0.4) is 0 Å². The summed E-state index contributed by atoms with van der Waals surface area (Å²) >= 11 is 0. The quantitative estimate of drug-likeness (QED) is 0.781. The van der Waals surface area contributed by atoms with Crippen LogP contribution in [0.4, 0.5) is 0 Å². The van der Waals surface area contributed by atoms with Crippen LogP contribution in [0.15, 0.2) is 24.4 Å². The van der Waals surface area contributed by atoms with E-state index in [1.54, 1.807) is 0 Å². The Bertz CT molecular complexity index is 575. The van der Waals surface area contributed by atoms with Crippen molar-refractivity contribution in [2.45, 2.75) is 53.0 Å². The van der Waals surface area contributed by atoms with Gasteiger partial charge in [0.05, 0.1) is 12.3 Å². The highest BCUT2D eigenvalue weighted by Gasteiger charge is 2.09. The highest BCUT2D eigenvalue weighted by molar-refractivity contribution is 5.39. The number of hydrogen-bond acceptors (Lipinski definition) is 3. The van der Waals surface area contributed by atoms with Gasteiger partial charge in [-0.05, 0) is 49.8 Å². The molecular formula is C17H25N3O. The van der Waals surface area contributed by atoms with Crippen molar-refractivity contribution < 1.29 is 4.74 Å². The number of rotatable bonds is 7. The first-order valence-corrected chi connectivity index (χ1v) is 7.78. The number of ether oxygens (including phenoxy) is 1. The molecule has 0 saturated carbocycles. The first kappa shape index (κ1) is 15.5. The van der Waals surface area contributed by atoms with E-state index in [2.05, 4.69) is 49.3 Å². The molecule has 0 radical (unpaired) electrons. The van der Waals surface area contributed by atoms with Crippen molar-refractivity contribution >= 4 is 0 Å². The molecule has 1 aromatic heterocycles. The van der Waals surface area contributed by atoms with Gasteiger partial charge in [-0.1, -0.05) is 31.2 Å². The molecule has 0 fully saturated rings. The lowest BCUT2D eigenvalue weighted by Gasteiger charge is -2.14. The maximum absolute atomic E-state index is 5.71. The first-order chi connectivity index (χ1) is 10.1. The molecule has 2 aromatic rings. The van der Waals surface area contributed by atoms with Crippen molar-refractivity contribution in [3.8, 4) is 5.75 Å². The predicted molar refractivity (Wildman–Crippen MR) is 84.8 cm³/mol. The monoisotopic (exact) mass is 287 g/mol. The van der Waals surface area contributed by atoms with Crippen LogP contribution in [0.25, 0.3) is 0 Å². The van der Waals surface area contributed by atoms with E-state index in [9.17, 15) is 0 Å². The van der Waals surface area contributed by atoms with Crippen LogP contribution >= 0.6 is 0 Å². The van der Waals surface area contributed by atoms with Crippen LogP contribution in [-0.2, 0) is 19.4 Å². The van der Waals surface area contributed by atoms with Crippen molar-refractivity contribution in [3.05, 3.63) is 41.2 Å². The van der Waals surface area contributed by atoms with Crippen LogP contribution in [0.5, 0.6) is 5.75 Å². The molecule has 0 bridgehead atoms. The minimum Gasteiger partial charge on any atom is -0.494 e. The Morgan fingerprint density at radius 2 is 2.00 bits per heavy atom. The van der Waals surface area contributed by atoms with Gasteiger partial charge in [-0.2, -0.15) is 0 Å². The number of benzene rings is 1. The second-order valence-electron chi connectivity index (χ2n) is 5.53. The summed E-state index contributed by atoms with van der Waals surface area (Å²) in [6.45, 7) is 10.1.